The van der Waals surface area contributed by atoms with E-state index in [0.717, 1.165) is 15.7 Å². The number of carbonyl (C=O) groups is 1. The highest BCUT2D eigenvalue weighted by Crippen LogP contribution is 2.19. The lowest BCUT2D eigenvalue weighted by molar-refractivity contribution is -0.121. The first-order chi connectivity index (χ1) is 13.8. The fraction of sp³-hybridized carbons (Fsp3) is 0.381. The van der Waals surface area contributed by atoms with Crippen LogP contribution in [0, 0.1) is 3.57 Å². The first-order valence-electron chi connectivity index (χ1n) is 9.51. The van der Waals surface area contributed by atoms with Crippen molar-refractivity contribution in [2.45, 2.75) is 26.2 Å². The van der Waals surface area contributed by atoms with Crippen LogP contribution in [-0.4, -0.2) is 40.3 Å². The van der Waals surface area contributed by atoms with E-state index in [1.165, 1.54) is 16.1 Å². The zero-order valence-electron chi connectivity index (χ0n) is 16.7. The van der Waals surface area contributed by atoms with Gasteiger partial charge < -0.3 is 10.1 Å². The minimum Gasteiger partial charge on any atom is -0.492 e. The zero-order chi connectivity index (χ0) is 21.3. The van der Waals surface area contributed by atoms with Crippen molar-refractivity contribution in [2.75, 3.05) is 30.3 Å². The number of halogens is 1. The number of aryl methyl sites for hydroxylation is 1. The highest BCUT2D eigenvalue weighted by molar-refractivity contribution is 14.1. The summed E-state index contributed by atoms with van der Waals surface area (Å²) in [5.74, 6) is 0.656. The van der Waals surface area contributed by atoms with Crippen LogP contribution in [0.4, 0.5) is 5.69 Å². The van der Waals surface area contributed by atoms with Gasteiger partial charge in [0.15, 0.2) is 0 Å². The Bertz CT molecular complexity index is 884. The van der Waals surface area contributed by atoms with Crippen LogP contribution in [0.5, 0.6) is 5.75 Å². The zero-order valence-corrected chi connectivity index (χ0v) is 19.7. The number of nitrogens with one attached hydrogen (secondary N) is 1. The van der Waals surface area contributed by atoms with Crippen LogP contribution >= 0.6 is 22.6 Å². The molecule has 0 radical (unpaired) electrons. The Morgan fingerprint density at radius 2 is 1.76 bits per heavy atom. The Kier molecular flexibility index (Phi) is 9.22. The van der Waals surface area contributed by atoms with Crippen molar-refractivity contribution in [3.05, 3.63) is 57.7 Å². The summed E-state index contributed by atoms with van der Waals surface area (Å²) in [5, 5.41) is 2.80. The van der Waals surface area contributed by atoms with E-state index in [1.807, 2.05) is 36.4 Å². The molecule has 0 fully saturated rings. The van der Waals surface area contributed by atoms with Gasteiger partial charge in [-0.2, -0.15) is 0 Å². The molecule has 0 unspecified atom stereocenters. The minimum atomic E-state index is -3.41. The molecule has 2 aromatic carbocycles. The Morgan fingerprint density at radius 1 is 1.10 bits per heavy atom. The Labute approximate surface area is 186 Å². The van der Waals surface area contributed by atoms with Crippen molar-refractivity contribution in [2.24, 2.45) is 0 Å². The average Bonchev–Trinajstić information content (AvgIpc) is 2.69. The number of carbonyl (C=O) groups excluding carboxylic acids is 1. The van der Waals surface area contributed by atoms with Crippen molar-refractivity contribution < 1.29 is 17.9 Å². The molecule has 1 amide bonds. The van der Waals surface area contributed by atoms with Gasteiger partial charge in [0.2, 0.25) is 15.9 Å². The second-order valence-electron chi connectivity index (χ2n) is 6.61. The molecule has 2 aromatic rings. The smallest absolute Gasteiger partial charge is 0.232 e. The van der Waals surface area contributed by atoms with Crippen LogP contribution in [0.15, 0.2) is 48.5 Å². The average molecular weight is 530 g/mol. The maximum absolute atomic E-state index is 12.1. The van der Waals surface area contributed by atoms with E-state index < -0.39 is 10.0 Å². The summed E-state index contributed by atoms with van der Waals surface area (Å²) in [4.78, 5) is 12.0. The normalized spacial score (nSPS) is 11.1. The summed E-state index contributed by atoms with van der Waals surface area (Å²) in [6, 6.07) is 15.1. The minimum absolute atomic E-state index is 0.119. The highest BCUT2D eigenvalue weighted by atomic mass is 127. The molecule has 0 spiro atoms. The van der Waals surface area contributed by atoms with Gasteiger partial charge >= 0.3 is 0 Å². The summed E-state index contributed by atoms with van der Waals surface area (Å²) in [7, 11) is -3.41. The summed E-state index contributed by atoms with van der Waals surface area (Å²) in [6.07, 6.45) is 2.85. The number of sulfonamides is 1. The molecule has 0 aliphatic heterocycles. The monoisotopic (exact) mass is 530 g/mol. The number of rotatable bonds is 11. The lowest BCUT2D eigenvalue weighted by Crippen LogP contribution is -2.32. The van der Waals surface area contributed by atoms with Crippen LogP contribution < -0.4 is 14.4 Å². The molecule has 0 saturated heterocycles. The topological polar surface area (TPSA) is 75.7 Å². The number of amides is 1. The van der Waals surface area contributed by atoms with Crippen molar-refractivity contribution in [1.82, 2.24) is 5.32 Å². The molecule has 0 atom stereocenters. The predicted octanol–water partition coefficient (Wildman–Crippen LogP) is 3.60. The van der Waals surface area contributed by atoms with Crippen molar-refractivity contribution in [3.63, 3.8) is 0 Å². The van der Waals surface area contributed by atoms with Crippen LogP contribution in [0.25, 0.3) is 0 Å². The third-order valence-corrected chi connectivity index (χ3v) is 6.22. The molecule has 0 heterocycles. The second-order valence-corrected chi connectivity index (χ2v) is 9.76. The number of anilines is 1. The molecule has 0 bridgehead atoms. The fourth-order valence-corrected chi connectivity index (χ4v) is 4.07. The molecule has 6 nitrogen and oxygen atoms in total. The lowest BCUT2D eigenvalue weighted by Gasteiger charge is -2.22. The first-order valence-corrected chi connectivity index (χ1v) is 12.4. The lowest BCUT2D eigenvalue weighted by atomic mass is 10.2. The van der Waals surface area contributed by atoms with E-state index in [4.69, 9.17) is 4.74 Å². The molecule has 0 aliphatic carbocycles. The SMILES string of the molecule is CCc1ccc(OCCNC(=O)CCCN(c2ccc(I)cc2)S(C)(=O)=O)cc1. The summed E-state index contributed by atoms with van der Waals surface area (Å²) < 4.78 is 32.1. The van der Waals surface area contributed by atoms with Crippen molar-refractivity contribution in [3.8, 4) is 5.75 Å². The molecular formula is C21H27IN2O4S. The van der Waals surface area contributed by atoms with Gasteiger partial charge in [0.1, 0.15) is 12.4 Å². The van der Waals surface area contributed by atoms with E-state index in [1.54, 1.807) is 12.1 Å². The Morgan fingerprint density at radius 3 is 2.34 bits per heavy atom. The van der Waals surface area contributed by atoms with E-state index in [0.29, 0.717) is 25.3 Å². The van der Waals surface area contributed by atoms with E-state index in [2.05, 4.69) is 34.8 Å². The Balaban J connectivity index is 1.72. The standard InChI is InChI=1S/C21H27IN2O4S/c1-3-17-6-12-20(13-7-17)28-16-14-23-21(25)5-4-15-24(29(2,26)27)19-10-8-18(22)9-11-19/h6-13H,3-5,14-16H2,1-2H3,(H,23,25). The third-order valence-electron chi connectivity index (χ3n) is 4.30. The Hall–Kier alpha value is -1.81. The third kappa shape index (κ3) is 8.22. The van der Waals surface area contributed by atoms with Gasteiger partial charge in [-0.3, -0.25) is 9.10 Å². The number of benzene rings is 2. The number of hydrogen-bond donors (Lipinski definition) is 1. The summed E-state index contributed by atoms with van der Waals surface area (Å²) >= 11 is 2.17. The van der Waals surface area contributed by atoms with Gasteiger partial charge in [-0.15, -0.1) is 0 Å². The molecule has 29 heavy (non-hydrogen) atoms. The molecule has 1 N–H and O–H groups in total. The quantitative estimate of drug-likeness (QED) is 0.356. The largest absolute Gasteiger partial charge is 0.492 e. The molecule has 158 valence electrons. The molecule has 8 heteroatoms. The van der Waals surface area contributed by atoms with Crippen LogP contribution in [0.2, 0.25) is 0 Å². The van der Waals surface area contributed by atoms with Crippen molar-refractivity contribution in [1.29, 1.82) is 0 Å². The number of ether oxygens (including phenoxy) is 1. The molecular weight excluding hydrogens is 503 g/mol. The number of nitrogens with zero attached hydrogens (tertiary/aromatic N) is 1. The van der Waals surface area contributed by atoms with E-state index in [9.17, 15) is 13.2 Å². The van der Waals surface area contributed by atoms with E-state index >= 15 is 0 Å². The summed E-state index contributed by atoms with van der Waals surface area (Å²) in [6.45, 7) is 3.14. The molecule has 0 saturated carbocycles. The van der Waals surface area contributed by atoms with Crippen molar-refractivity contribution >= 4 is 44.2 Å². The van der Waals surface area contributed by atoms with Gasteiger partial charge in [-0.25, -0.2) is 8.42 Å². The predicted molar refractivity (Wildman–Crippen MR) is 125 cm³/mol. The highest BCUT2D eigenvalue weighted by Gasteiger charge is 2.17. The van der Waals surface area contributed by atoms with Crippen LogP contribution in [0.1, 0.15) is 25.3 Å². The number of hydrogen-bond acceptors (Lipinski definition) is 4. The second kappa shape index (κ2) is 11.4. The maximum atomic E-state index is 12.1. The maximum Gasteiger partial charge on any atom is 0.232 e. The van der Waals surface area contributed by atoms with E-state index in [-0.39, 0.29) is 18.9 Å². The summed E-state index contributed by atoms with van der Waals surface area (Å²) in [5.41, 5.74) is 1.86. The van der Waals surface area contributed by atoms with Gasteiger partial charge in [-0.1, -0.05) is 19.1 Å². The van der Waals surface area contributed by atoms with Gasteiger partial charge in [0.05, 0.1) is 18.5 Å². The van der Waals surface area contributed by atoms with Crippen LogP contribution in [-0.2, 0) is 21.2 Å². The first kappa shape index (κ1) is 23.5. The molecule has 0 aliphatic rings. The van der Waals surface area contributed by atoms with Gasteiger partial charge in [0.25, 0.3) is 0 Å². The fourth-order valence-electron chi connectivity index (χ4n) is 2.75. The van der Waals surface area contributed by atoms with Gasteiger partial charge in [0, 0.05) is 16.5 Å². The molecule has 0 aromatic heterocycles. The van der Waals surface area contributed by atoms with Crippen LogP contribution in [0.3, 0.4) is 0 Å². The van der Waals surface area contributed by atoms with Gasteiger partial charge in [-0.05, 0) is 77.4 Å². The molecule has 2 rings (SSSR count).